The molecule has 0 heterocycles. The molecule has 0 fully saturated rings. The first kappa shape index (κ1) is 20.1. The van der Waals surface area contributed by atoms with E-state index < -0.39 is 6.04 Å². The van der Waals surface area contributed by atoms with Crippen LogP contribution in [0.2, 0.25) is 0 Å². The van der Waals surface area contributed by atoms with Gasteiger partial charge in [-0.15, -0.1) is 0 Å². The van der Waals surface area contributed by atoms with Gasteiger partial charge in [0, 0.05) is 5.56 Å². The Morgan fingerprint density at radius 3 is 2.57 bits per heavy atom. The SMILES string of the molecule is CCC(C)C(NC(=O)c1ccccc1C)C(=O)NC1CCCc2ccccc21. The summed E-state index contributed by atoms with van der Waals surface area (Å²) < 4.78 is 0. The van der Waals surface area contributed by atoms with Crippen LogP contribution in [0.25, 0.3) is 0 Å². The van der Waals surface area contributed by atoms with E-state index in [2.05, 4.69) is 22.8 Å². The molecule has 0 spiro atoms. The van der Waals surface area contributed by atoms with Crippen LogP contribution < -0.4 is 10.6 Å². The van der Waals surface area contributed by atoms with Crippen LogP contribution in [-0.2, 0) is 11.2 Å². The Kier molecular flexibility index (Phi) is 6.50. The smallest absolute Gasteiger partial charge is 0.252 e. The molecule has 4 heteroatoms. The van der Waals surface area contributed by atoms with Gasteiger partial charge in [0.25, 0.3) is 5.91 Å². The highest BCUT2D eigenvalue weighted by atomic mass is 16.2. The fourth-order valence-electron chi connectivity index (χ4n) is 3.91. The molecule has 0 bridgehead atoms. The minimum Gasteiger partial charge on any atom is -0.347 e. The predicted molar refractivity (Wildman–Crippen MR) is 112 cm³/mol. The molecule has 2 amide bonds. The Labute approximate surface area is 167 Å². The van der Waals surface area contributed by atoms with Crippen molar-refractivity contribution < 1.29 is 9.59 Å². The molecule has 2 aromatic rings. The van der Waals surface area contributed by atoms with Crippen LogP contribution in [0.1, 0.15) is 66.2 Å². The number of hydrogen-bond acceptors (Lipinski definition) is 2. The number of benzene rings is 2. The van der Waals surface area contributed by atoms with Crippen molar-refractivity contribution in [1.29, 1.82) is 0 Å². The summed E-state index contributed by atoms with van der Waals surface area (Å²) in [6.45, 7) is 5.96. The Morgan fingerprint density at radius 1 is 1.11 bits per heavy atom. The zero-order valence-corrected chi connectivity index (χ0v) is 17.0. The third-order valence-electron chi connectivity index (χ3n) is 5.86. The molecular weight excluding hydrogens is 348 g/mol. The third-order valence-corrected chi connectivity index (χ3v) is 5.86. The molecule has 0 aromatic heterocycles. The van der Waals surface area contributed by atoms with E-state index in [0.29, 0.717) is 5.56 Å². The van der Waals surface area contributed by atoms with Gasteiger partial charge in [0.1, 0.15) is 6.04 Å². The molecule has 3 unspecified atom stereocenters. The van der Waals surface area contributed by atoms with Crippen molar-refractivity contribution in [3.05, 3.63) is 70.8 Å². The van der Waals surface area contributed by atoms with Crippen molar-refractivity contribution in [3.63, 3.8) is 0 Å². The van der Waals surface area contributed by atoms with E-state index in [4.69, 9.17) is 0 Å². The number of amides is 2. The summed E-state index contributed by atoms with van der Waals surface area (Å²) in [5.74, 6) is -0.243. The molecule has 0 radical (unpaired) electrons. The Hall–Kier alpha value is -2.62. The Bertz CT molecular complexity index is 846. The highest BCUT2D eigenvalue weighted by Crippen LogP contribution is 2.29. The van der Waals surface area contributed by atoms with E-state index in [1.165, 1.54) is 11.1 Å². The molecule has 4 nitrogen and oxygen atoms in total. The highest BCUT2D eigenvalue weighted by molar-refractivity contribution is 5.98. The van der Waals surface area contributed by atoms with E-state index in [0.717, 1.165) is 31.2 Å². The van der Waals surface area contributed by atoms with Crippen LogP contribution in [0.3, 0.4) is 0 Å². The summed E-state index contributed by atoms with van der Waals surface area (Å²) in [7, 11) is 0. The van der Waals surface area contributed by atoms with Gasteiger partial charge in [0.15, 0.2) is 0 Å². The lowest BCUT2D eigenvalue weighted by Crippen LogP contribution is -2.51. The van der Waals surface area contributed by atoms with Gasteiger partial charge in [-0.3, -0.25) is 9.59 Å². The number of nitrogens with one attached hydrogen (secondary N) is 2. The van der Waals surface area contributed by atoms with Crippen molar-refractivity contribution >= 4 is 11.8 Å². The van der Waals surface area contributed by atoms with Crippen molar-refractivity contribution in [2.45, 2.75) is 58.5 Å². The molecule has 0 aliphatic heterocycles. The number of aryl methyl sites for hydroxylation is 2. The van der Waals surface area contributed by atoms with Gasteiger partial charge >= 0.3 is 0 Å². The molecular formula is C24H30N2O2. The molecule has 1 aliphatic carbocycles. The van der Waals surface area contributed by atoms with Crippen LogP contribution in [0.5, 0.6) is 0 Å². The second-order valence-electron chi connectivity index (χ2n) is 7.80. The zero-order chi connectivity index (χ0) is 20.1. The monoisotopic (exact) mass is 378 g/mol. The van der Waals surface area contributed by atoms with Gasteiger partial charge in [-0.25, -0.2) is 0 Å². The summed E-state index contributed by atoms with van der Waals surface area (Å²) in [6.07, 6.45) is 3.86. The summed E-state index contributed by atoms with van der Waals surface area (Å²) in [4.78, 5) is 25.9. The largest absolute Gasteiger partial charge is 0.347 e. The van der Waals surface area contributed by atoms with Gasteiger partial charge < -0.3 is 10.6 Å². The van der Waals surface area contributed by atoms with Gasteiger partial charge in [-0.05, 0) is 54.9 Å². The van der Waals surface area contributed by atoms with Crippen LogP contribution in [0, 0.1) is 12.8 Å². The van der Waals surface area contributed by atoms with Crippen molar-refractivity contribution in [2.75, 3.05) is 0 Å². The first-order valence-corrected chi connectivity index (χ1v) is 10.3. The highest BCUT2D eigenvalue weighted by Gasteiger charge is 2.30. The average molecular weight is 379 g/mol. The van der Waals surface area contributed by atoms with Crippen LogP contribution in [-0.4, -0.2) is 17.9 Å². The van der Waals surface area contributed by atoms with Crippen LogP contribution >= 0.6 is 0 Å². The predicted octanol–water partition coefficient (Wildman–Crippen LogP) is 4.33. The van der Waals surface area contributed by atoms with Gasteiger partial charge in [0.05, 0.1) is 6.04 Å². The third kappa shape index (κ3) is 4.44. The molecule has 1 aliphatic rings. The number of fused-ring (bicyclic) bond motifs is 1. The standard InChI is InChI=1S/C24H30N2O2/c1-4-16(2)22(26-23(27)19-13-7-5-10-17(19)3)24(28)25-21-15-9-12-18-11-6-8-14-20(18)21/h5-8,10-11,13-14,16,21-22H,4,9,12,15H2,1-3H3,(H,25,28)(H,26,27). The molecule has 148 valence electrons. The summed E-state index contributed by atoms with van der Waals surface area (Å²) in [6, 6.07) is 15.2. The number of carbonyl (C=O) groups excluding carboxylic acids is 2. The van der Waals surface area contributed by atoms with Gasteiger partial charge in [0.2, 0.25) is 5.91 Å². The number of rotatable bonds is 6. The molecule has 3 rings (SSSR count). The fourth-order valence-corrected chi connectivity index (χ4v) is 3.91. The topological polar surface area (TPSA) is 58.2 Å². The molecule has 2 N–H and O–H groups in total. The fraction of sp³-hybridized carbons (Fsp3) is 0.417. The van der Waals surface area contributed by atoms with Gasteiger partial charge in [-0.2, -0.15) is 0 Å². The van der Waals surface area contributed by atoms with E-state index in [-0.39, 0.29) is 23.8 Å². The van der Waals surface area contributed by atoms with E-state index in [9.17, 15) is 9.59 Å². The maximum atomic E-state index is 13.1. The second kappa shape index (κ2) is 9.05. The average Bonchev–Trinajstić information content (AvgIpc) is 2.71. The quantitative estimate of drug-likeness (QED) is 0.786. The van der Waals surface area contributed by atoms with Crippen molar-refractivity contribution in [1.82, 2.24) is 10.6 Å². The maximum Gasteiger partial charge on any atom is 0.252 e. The molecule has 0 saturated heterocycles. The van der Waals surface area contributed by atoms with Crippen LogP contribution in [0.4, 0.5) is 0 Å². The van der Waals surface area contributed by atoms with Crippen LogP contribution in [0.15, 0.2) is 48.5 Å². The normalized spacial score (nSPS) is 17.9. The molecule has 2 aromatic carbocycles. The maximum absolute atomic E-state index is 13.1. The summed E-state index contributed by atoms with van der Waals surface area (Å²) in [5.41, 5.74) is 4.04. The molecule has 28 heavy (non-hydrogen) atoms. The van der Waals surface area contributed by atoms with E-state index in [1.807, 2.05) is 51.1 Å². The summed E-state index contributed by atoms with van der Waals surface area (Å²) in [5, 5.41) is 6.20. The number of hydrogen-bond donors (Lipinski definition) is 2. The first-order valence-electron chi connectivity index (χ1n) is 10.3. The minimum atomic E-state index is -0.550. The Morgan fingerprint density at radius 2 is 1.82 bits per heavy atom. The second-order valence-corrected chi connectivity index (χ2v) is 7.80. The minimum absolute atomic E-state index is 0.0133. The lowest BCUT2D eigenvalue weighted by Gasteiger charge is -2.30. The number of carbonyl (C=O) groups is 2. The van der Waals surface area contributed by atoms with Crippen molar-refractivity contribution in [3.8, 4) is 0 Å². The Balaban J connectivity index is 1.76. The first-order chi connectivity index (χ1) is 13.5. The lowest BCUT2D eigenvalue weighted by molar-refractivity contribution is -0.125. The van der Waals surface area contributed by atoms with Gasteiger partial charge in [-0.1, -0.05) is 62.7 Å². The molecule has 3 atom stereocenters. The van der Waals surface area contributed by atoms with E-state index >= 15 is 0 Å². The zero-order valence-electron chi connectivity index (χ0n) is 17.0. The molecule has 0 saturated carbocycles. The van der Waals surface area contributed by atoms with Crippen molar-refractivity contribution in [2.24, 2.45) is 5.92 Å². The lowest BCUT2D eigenvalue weighted by atomic mass is 9.87. The summed E-state index contributed by atoms with van der Waals surface area (Å²) >= 11 is 0. The van der Waals surface area contributed by atoms with E-state index in [1.54, 1.807) is 6.07 Å².